The number of hydrogen-bond acceptors (Lipinski definition) is 0. The van der Waals surface area contributed by atoms with Crippen LogP contribution in [0.1, 0.15) is 44.7 Å². The van der Waals surface area contributed by atoms with Crippen molar-refractivity contribution >= 4 is 10.8 Å². The minimum Gasteiger partial charge on any atom is -0.0625 e. The Morgan fingerprint density at radius 3 is 2.17 bits per heavy atom. The van der Waals surface area contributed by atoms with E-state index in [9.17, 15) is 0 Å². The third kappa shape index (κ3) is 3.47. The van der Waals surface area contributed by atoms with Crippen molar-refractivity contribution in [3.05, 3.63) is 71.8 Å². The zero-order valence-electron chi connectivity index (χ0n) is 14.6. The van der Waals surface area contributed by atoms with Crippen LogP contribution in [-0.4, -0.2) is 0 Å². The van der Waals surface area contributed by atoms with Crippen LogP contribution >= 0.6 is 0 Å². The van der Waals surface area contributed by atoms with Gasteiger partial charge in [-0.3, -0.25) is 0 Å². The third-order valence-electron chi connectivity index (χ3n) is 4.48. The van der Waals surface area contributed by atoms with Crippen molar-refractivity contribution in [3.8, 4) is 11.1 Å². The maximum atomic E-state index is 2.35. The molecule has 0 saturated heterocycles. The third-order valence-corrected chi connectivity index (χ3v) is 4.48. The van der Waals surface area contributed by atoms with Gasteiger partial charge in [-0.05, 0) is 51.3 Å². The van der Waals surface area contributed by atoms with Gasteiger partial charge in [-0.15, -0.1) is 0 Å². The van der Waals surface area contributed by atoms with Gasteiger partial charge in [0.05, 0.1) is 0 Å². The van der Waals surface area contributed by atoms with Gasteiger partial charge in [0.25, 0.3) is 0 Å². The van der Waals surface area contributed by atoms with Gasteiger partial charge in [-0.1, -0.05) is 88.4 Å². The second kappa shape index (κ2) is 6.58. The summed E-state index contributed by atoms with van der Waals surface area (Å²) < 4.78 is 0. The lowest BCUT2D eigenvalue weighted by atomic mass is 9.93. The van der Waals surface area contributed by atoms with Gasteiger partial charge >= 0.3 is 0 Å². The van der Waals surface area contributed by atoms with Crippen molar-refractivity contribution in [2.75, 3.05) is 0 Å². The molecule has 0 heteroatoms. The van der Waals surface area contributed by atoms with Crippen LogP contribution in [0.5, 0.6) is 0 Å². The average Bonchev–Trinajstić information content (AvgIpc) is 2.53. The molecule has 0 aliphatic rings. The molecule has 3 rings (SSSR count). The van der Waals surface area contributed by atoms with Crippen LogP contribution in [0.25, 0.3) is 21.9 Å². The lowest BCUT2D eigenvalue weighted by Gasteiger charge is -2.11. The summed E-state index contributed by atoms with van der Waals surface area (Å²) in [4.78, 5) is 0. The first-order valence-electron chi connectivity index (χ1n) is 8.66. The van der Waals surface area contributed by atoms with Crippen molar-refractivity contribution in [1.29, 1.82) is 0 Å². The smallest absolute Gasteiger partial charge is 0.0105 e. The Morgan fingerprint density at radius 1 is 0.783 bits per heavy atom. The highest BCUT2D eigenvalue weighted by atomic mass is 14.1. The normalized spacial score (nSPS) is 11.6. The predicted octanol–water partition coefficient (Wildman–Crippen LogP) is 6.83. The number of fused-ring (bicyclic) bond motifs is 1. The van der Waals surface area contributed by atoms with E-state index in [-0.39, 0.29) is 0 Å². The summed E-state index contributed by atoms with van der Waals surface area (Å²) >= 11 is 0. The maximum absolute atomic E-state index is 2.35. The Morgan fingerprint density at radius 2 is 1.52 bits per heavy atom. The summed E-state index contributed by atoms with van der Waals surface area (Å²) in [6, 6.07) is 22.6. The molecule has 0 nitrogen and oxygen atoms in total. The van der Waals surface area contributed by atoms with E-state index in [1.807, 2.05) is 0 Å². The lowest BCUT2D eigenvalue weighted by molar-refractivity contribution is 0.648. The van der Waals surface area contributed by atoms with E-state index in [4.69, 9.17) is 0 Å². The van der Waals surface area contributed by atoms with E-state index in [2.05, 4.69) is 88.4 Å². The van der Waals surface area contributed by atoms with Crippen LogP contribution in [0.4, 0.5) is 0 Å². The fraction of sp³-hybridized carbons (Fsp3) is 0.304. The van der Waals surface area contributed by atoms with Gasteiger partial charge in [-0.25, -0.2) is 0 Å². The molecule has 0 bridgehead atoms. The first-order chi connectivity index (χ1) is 11.0. The standard InChI is InChI=1S/C23H26/c1-16(2)14-18-8-13-23-21(15-18)6-5-7-22(23)20-11-9-19(10-12-20)17(3)4/h5-13,15-17H,14H2,1-4H3. The van der Waals surface area contributed by atoms with E-state index in [0.29, 0.717) is 11.8 Å². The number of rotatable bonds is 4. The molecule has 0 unspecified atom stereocenters. The Balaban J connectivity index is 2.04. The molecule has 3 aromatic carbocycles. The molecule has 0 radical (unpaired) electrons. The van der Waals surface area contributed by atoms with Crippen LogP contribution in [-0.2, 0) is 6.42 Å². The van der Waals surface area contributed by atoms with E-state index >= 15 is 0 Å². The molecule has 118 valence electrons. The Labute approximate surface area is 140 Å². The van der Waals surface area contributed by atoms with E-state index < -0.39 is 0 Å². The van der Waals surface area contributed by atoms with E-state index in [1.165, 1.54) is 33.0 Å². The molecule has 0 spiro atoms. The zero-order valence-corrected chi connectivity index (χ0v) is 14.6. The van der Waals surface area contributed by atoms with Crippen LogP contribution in [0.2, 0.25) is 0 Å². The molecule has 0 N–H and O–H groups in total. The molecule has 23 heavy (non-hydrogen) atoms. The quantitative estimate of drug-likeness (QED) is 0.495. The first-order valence-corrected chi connectivity index (χ1v) is 8.66. The monoisotopic (exact) mass is 302 g/mol. The van der Waals surface area contributed by atoms with Crippen LogP contribution in [0.3, 0.4) is 0 Å². The average molecular weight is 302 g/mol. The molecule has 0 heterocycles. The van der Waals surface area contributed by atoms with Crippen LogP contribution < -0.4 is 0 Å². The van der Waals surface area contributed by atoms with E-state index in [1.54, 1.807) is 0 Å². The minimum absolute atomic E-state index is 0.579. The minimum atomic E-state index is 0.579. The van der Waals surface area contributed by atoms with Gasteiger partial charge in [-0.2, -0.15) is 0 Å². The summed E-state index contributed by atoms with van der Waals surface area (Å²) in [7, 11) is 0. The first kappa shape index (κ1) is 15.8. The molecule has 0 aliphatic heterocycles. The summed E-state index contributed by atoms with van der Waals surface area (Å²) in [6.07, 6.45) is 1.14. The highest BCUT2D eigenvalue weighted by Crippen LogP contribution is 2.30. The van der Waals surface area contributed by atoms with Gasteiger partial charge in [0.2, 0.25) is 0 Å². The Bertz CT molecular complexity index is 792. The molecule has 3 aromatic rings. The SMILES string of the molecule is CC(C)Cc1ccc2c(-c3ccc(C(C)C)cc3)cccc2c1. The molecule has 0 aromatic heterocycles. The Kier molecular flexibility index (Phi) is 4.52. The summed E-state index contributed by atoms with van der Waals surface area (Å²) in [5.41, 5.74) is 5.46. The fourth-order valence-electron chi connectivity index (χ4n) is 3.23. The topological polar surface area (TPSA) is 0 Å². The van der Waals surface area contributed by atoms with Crippen molar-refractivity contribution in [2.45, 2.75) is 40.0 Å². The Hall–Kier alpha value is -2.08. The lowest BCUT2D eigenvalue weighted by Crippen LogP contribution is -1.94. The van der Waals surface area contributed by atoms with Crippen molar-refractivity contribution < 1.29 is 0 Å². The maximum Gasteiger partial charge on any atom is -0.0105 e. The second-order valence-electron chi connectivity index (χ2n) is 7.24. The molecule has 0 saturated carbocycles. The largest absolute Gasteiger partial charge is 0.0625 e. The van der Waals surface area contributed by atoms with Gasteiger partial charge in [0.15, 0.2) is 0 Å². The molecule has 0 atom stereocenters. The fourth-order valence-corrected chi connectivity index (χ4v) is 3.23. The highest BCUT2D eigenvalue weighted by molar-refractivity contribution is 5.97. The van der Waals surface area contributed by atoms with Crippen molar-refractivity contribution in [2.24, 2.45) is 5.92 Å². The zero-order chi connectivity index (χ0) is 16.4. The number of hydrogen-bond donors (Lipinski definition) is 0. The van der Waals surface area contributed by atoms with Crippen molar-refractivity contribution in [3.63, 3.8) is 0 Å². The van der Waals surface area contributed by atoms with E-state index in [0.717, 1.165) is 6.42 Å². The van der Waals surface area contributed by atoms with Crippen LogP contribution in [0, 0.1) is 5.92 Å². The van der Waals surface area contributed by atoms with Gasteiger partial charge in [0.1, 0.15) is 0 Å². The van der Waals surface area contributed by atoms with Crippen LogP contribution in [0.15, 0.2) is 60.7 Å². The molecular weight excluding hydrogens is 276 g/mol. The molecule has 0 amide bonds. The highest BCUT2D eigenvalue weighted by Gasteiger charge is 2.06. The van der Waals surface area contributed by atoms with Gasteiger partial charge < -0.3 is 0 Å². The summed E-state index contributed by atoms with van der Waals surface area (Å²) in [6.45, 7) is 9.03. The van der Waals surface area contributed by atoms with Gasteiger partial charge in [0, 0.05) is 0 Å². The van der Waals surface area contributed by atoms with Crippen molar-refractivity contribution in [1.82, 2.24) is 0 Å². The second-order valence-corrected chi connectivity index (χ2v) is 7.24. The molecule has 0 fully saturated rings. The molecule has 0 aliphatic carbocycles. The summed E-state index contributed by atoms with van der Waals surface area (Å²) in [5, 5.41) is 2.69. The molecular formula is C23H26. The summed E-state index contributed by atoms with van der Waals surface area (Å²) in [5.74, 6) is 1.27. The number of benzene rings is 3. The predicted molar refractivity (Wildman–Crippen MR) is 102 cm³/mol.